The number of nitrogens with one attached hydrogen (secondary N) is 2. The van der Waals surface area contributed by atoms with Crippen molar-refractivity contribution in [3.05, 3.63) is 56.2 Å². The Labute approximate surface area is 163 Å². The van der Waals surface area contributed by atoms with Gasteiger partial charge in [-0.2, -0.15) is 0 Å². The molecular formula is C16H11Cl4N3O2. The first-order valence-electron chi connectivity index (χ1n) is 7.11. The van der Waals surface area contributed by atoms with E-state index in [1.54, 1.807) is 31.2 Å². The lowest BCUT2D eigenvalue weighted by molar-refractivity contribution is 0.117. The molecule has 0 fully saturated rings. The molecule has 0 aliphatic carbocycles. The molecule has 25 heavy (non-hydrogen) atoms. The third-order valence-electron chi connectivity index (χ3n) is 3.40. The lowest BCUT2D eigenvalue weighted by Gasteiger charge is -2.12. The van der Waals surface area contributed by atoms with Crippen molar-refractivity contribution < 1.29 is 9.53 Å². The Morgan fingerprint density at radius 3 is 2.56 bits per heavy atom. The number of carbonyl (C=O) groups is 1. The quantitative estimate of drug-likeness (QED) is 0.510. The van der Waals surface area contributed by atoms with Crippen LogP contribution in [-0.2, 0) is 4.74 Å². The van der Waals surface area contributed by atoms with E-state index in [4.69, 9.17) is 51.1 Å². The van der Waals surface area contributed by atoms with Gasteiger partial charge in [0.1, 0.15) is 11.3 Å². The van der Waals surface area contributed by atoms with Crippen LogP contribution in [0.5, 0.6) is 0 Å². The molecule has 3 rings (SSSR count). The number of imidazole rings is 1. The van der Waals surface area contributed by atoms with Crippen molar-refractivity contribution in [3.63, 3.8) is 0 Å². The molecule has 0 unspecified atom stereocenters. The Hall–Kier alpha value is -1.66. The summed E-state index contributed by atoms with van der Waals surface area (Å²) in [6.07, 6.45) is -1.29. The smallest absolute Gasteiger partial charge is 0.412 e. The molecule has 2 aromatic carbocycles. The molecule has 0 aliphatic heterocycles. The van der Waals surface area contributed by atoms with Gasteiger partial charge in [0.05, 0.1) is 25.6 Å². The van der Waals surface area contributed by atoms with E-state index in [0.717, 1.165) is 0 Å². The van der Waals surface area contributed by atoms with E-state index in [1.807, 2.05) is 0 Å². The van der Waals surface area contributed by atoms with E-state index in [0.29, 0.717) is 42.6 Å². The number of fused-ring (bicyclic) bond motifs is 1. The maximum absolute atomic E-state index is 12.0. The molecule has 0 saturated heterocycles. The second-order valence-corrected chi connectivity index (χ2v) is 6.78. The highest BCUT2D eigenvalue weighted by molar-refractivity contribution is 6.45. The van der Waals surface area contributed by atoms with Crippen molar-refractivity contribution in [2.75, 3.05) is 5.32 Å². The molecule has 9 heteroatoms. The van der Waals surface area contributed by atoms with Crippen molar-refractivity contribution in [2.24, 2.45) is 0 Å². The minimum Gasteiger partial charge on any atom is -0.438 e. The van der Waals surface area contributed by atoms with Crippen LogP contribution in [0.25, 0.3) is 11.0 Å². The predicted molar refractivity (Wildman–Crippen MR) is 101 cm³/mol. The minimum absolute atomic E-state index is 0.330. The Kier molecular flexibility index (Phi) is 5.29. The molecular weight excluding hydrogens is 408 g/mol. The Balaban J connectivity index is 1.73. The third-order valence-corrected chi connectivity index (χ3v) is 4.93. The SMILES string of the molecule is C[C@H](OC(=O)Nc1ccc(Cl)c(Cl)c1)c1nc2c(Cl)c(Cl)ccc2[nH]1. The maximum atomic E-state index is 12.0. The van der Waals surface area contributed by atoms with Crippen LogP contribution < -0.4 is 5.32 Å². The van der Waals surface area contributed by atoms with Crippen molar-refractivity contribution in [2.45, 2.75) is 13.0 Å². The van der Waals surface area contributed by atoms with Gasteiger partial charge in [-0.1, -0.05) is 46.4 Å². The number of amides is 1. The number of anilines is 1. The number of hydrogen-bond acceptors (Lipinski definition) is 3. The van der Waals surface area contributed by atoms with E-state index in [1.165, 1.54) is 6.07 Å². The first kappa shape index (κ1) is 18.1. The van der Waals surface area contributed by atoms with Crippen molar-refractivity contribution in [1.29, 1.82) is 0 Å². The van der Waals surface area contributed by atoms with Crippen LogP contribution >= 0.6 is 46.4 Å². The van der Waals surface area contributed by atoms with Crippen LogP contribution in [0.2, 0.25) is 20.1 Å². The minimum atomic E-state index is -0.657. The van der Waals surface area contributed by atoms with Gasteiger partial charge in [0, 0.05) is 5.69 Å². The topological polar surface area (TPSA) is 67.0 Å². The zero-order chi connectivity index (χ0) is 18.1. The molecule has 0 spiro atoms. The van der Waals surface area contributed by atoms with Gasteiger partial charge in [0.2, 0.25) is 0 Å². The van der Waals surface area contributed by atoms with E-state index in [-0.39, 0.29) is 0 Å². The summed E-state index contributed by atoms with van der Waals surface area (Å²) in [7, 11) is 0. The molecule has 0 bridgehead atoms. The fourth-order valence-corrected chi connectivity index (χ4v) is 2.82. The second kappa shape index (κ2) is 7.30. The molecule has 1 atom stereocenters. The number of rotatable bonds is 3. The van der Waals surface area contributed by atoms with Gasteiger partial charge in [0.15, 0.2) is 6.10 Å². The molecule has 0 aliphatic rings. The predicted octanol–water partition coefficient (Wildman–Crippen LogP) is 6.49. The van der Waals surface area contributed by atoms with E-state index < -0.39 is 12.2 Å². The summed E-state index contributed by atoms with van der Waals surface area (Å²) >= 11 is 23.8. The summed E-state index contributed by atoms with van der Waals surface area (Å²) in [6.45, 7) is 1.68. The zero-order valence-electron chi connectivity index (χ0n) is 12.7. The summed E-state index contributed by atoms with van der Waals surface area (Å²) in [5, 5.41) is 4.04. The summed E-state index contributed by atoms with van der Waals surface area (Å²) in [4.78, 5) is 19.4. The normalized spacial score (nSPS) is 12.2. The number of aromatic amines is 1. The molecule has 1 aromatic heterocycles. The summed E-state index contributed by atoms with van der Waals surface area (Å²) in [6, 6.07) is 8.13. The van der Waals surface area contributed by atoms with E-state index >= 15 is 0 Å². The largest absolute Gasteiger partial charge is 0.438 e. The highest BCUT2D eigenvalue weighted by atomic mass is 35.5. The van der Waals surface area contributed by atoms with Crippen molar-refractivity contribution >= 4 is 69.2 Å². The van der Waals surface area contributed by atoms with Gasteiger partial charge < -0.3 is 9.72 Å². The summed E-state index contributed by atoms with van der Waals surface area (Å²) < 4.78 is 5.31. The molecule has 0 radical (unpaired) electrons. The number of H-pyrrole nitrogens is 1. The van der Waals surface area contributed by atoms with Crippen LogP contribution in [0.4, 0.5) is 10.5 Å². The second-order valence-electron chi connectivity index (χ2n) is 5.18. The zero-order valence-corrected chi connectivity index (χ0v) is 15.8. The van der Waals surface area contributed by atoms with Gasteiger partial charge in [0.25, 0.3) is 0 Å². The average molecular weight is 419 g/mol. The highest BCUT2D eigenvalue weighted by Gasteiger charge is 2.18. The maximum Gasteiger partial charge on any atom is 0.412 e. The van der Waals surface area contributed by atoms with Gasteiger partial charge >= 0.3 is 6.09 Å². The van der Waals surface area contributed by atoms with Gasteiger partial charge in [-0.3, -0.25) is 5.32 Å². The number of carbonyl (C=O) groups excluding carboxylic acids is 1. The Morgan fingerprint density at radius 1 is 1.12 bits per heavy atom. The van der Waals surface area contributed by atoms with Gasteiger partial charge in [-0.25, -0.2) is 9.78 Å². The van der Waals surface area contributed by atoms with E-state index in [2.05, 4.69) is 15.3 Å². The monoisotopic (exact) mass is 417 g/mol. The third kappa shape index (κ3) is 3.96. The van der Waals surface area contributed by atoms with Crippen LogP contribution in [0.15, 0.2) is 30.3 Å². The molecule has 3 aromatic rings. The number of aromatic nitrogens is 2. The molecule has 2 N–H and O–H groups in total. The number of nitrogens with zero attached hydrogens (tertiary/aromatic N) is 1. The fourth-order valence-electron chi connectivity index (χ4n) is 2.17. The average Bonchev–Trinajstić information content (AvgIpc) is 2.99. The molecule has 0 saturated carbocycles. The Bertz CT molecular complexity index is 958. The van der Waals surface area contributed by atoms with Gasteiger partial charge in [-0.05, 0) is 37.3 Å². The first-order valence-corrected chi connectivity index (χ1v) is 8.62. The number of hydrogen-bond donors (Lipinski definition) is 2. The molecule has 130 valence electrons. The fraction of sp³-hybridized carbons (Fsp3) is 0.125. The number of ether oxygens (including phenoxy) is 1. The summed E-state index contributed by atoms with van der Waals surface area (Å²) in [5.74, 6) is 0.448. The molecule has 1 heterocycles. The van der Waals surface area contributed by atoms with E-state index in [9.17, 15) is 4.79 Å². The molecule has 5 nitrogen and oxygen atoms in total. The first-order chi connectivity index (χ1) is 11.8. The summed E-state index contributed by atoms with van der Waals surface area (Å²) in [5.41, 5.74) is 1.68. The Morgan fingerprint density at radius 2 is 1.84 bits per heavy atom. The lowest BCUT2D eigenvalue weighted by Crippen LogP contribution is -2.16. The standard InChI is InChI=1S/C16H11Cl4N3O2/c1-7(15-22-12-5-4-10(18)13(20)14(12)23-15)25-16(24)21-8-2-3-9(17)11(19)6-8/h2-7H,1H3,(H,21,24)(H,22,23)/t7-/m0/s1. The number of halogens is 4. The van der Waals surface area contributed by atoms with Crippen LogP contribution in [0.3, 0.4) is 0 Å². The van der Waals surface area contributed by atoms with Gasteiger partial charge in [-0.15, -0.1) is 0 Å². The van der Waals surface area contributed by atoms with Crippen molar-refractivity contribution in [1.82, 2.24) is 9.97 Å². The van der Waals surface area contributed by atoms with Crippen LogP contribution in [-0.4, -0.2) is 16.1 Å². The lowest BCUT2D eigenvalue weighted by atomic mass is 10.3. The highest BCUT2D eigenvalue weighted by Crippen LogP contribution is 2.31. The van der Waals surface area contributed by atoms with Crippen LogP contribution in [0.1, 0.15) is 18.9 Å². The number of benzene rings is 2. The molecule has 1 amide bonds. The van der Waals surface area contributed by atoms with Crippen LogP contribution in [0, 0.1) is 0 Å². The van der Waals surface area contributed by atoms with Crippen molar-refractivity contribution in [3.8, 4) is 0 Å².